The number of aliphatic hydroxyl groups excluding tert-OH is 9. The molecule has 3 unspecified atom stereocenters. The van der Waals surface area contributed by atoms with E-state index < -0.39 is 97.5 Å². The lowest BCUT2D eigenvalue weighted by Crippen LogP contribution is -2.68. The number of aliphatic hydroxyl groups is 9. The molecule has 0 amide bonds. The maximum atomic E-state index is 14.6. The van der Waals surface area contributed by atoms with E-state index in [-0.39, 0.29) is 45.5 Å². The Morgan fingerprint density at radius 3 is 1.91 bits per heavy atom. The average Bonchev–Trinajstić information content (AvgIpc) is 3.13. The smallest absolute Gasteiger partial charge is 0.317 e. The van der Waals surface area contributed by atoms with Gasteiger partial charge in [0, 0.05) is 0 Å². The van der Waals surface area contributed by atoms with Crippen LogP contribution in [0.3, 0.4) is 0 Å². The summed E-state index contributed by atoms with van der Waals surface area (Å²) in [5.74, 6) is -0.627. The molecular weight excluding hydrogens is 728 g/mol. The van der Waals surface area contributed by atoms with Crippen LogP contribution in [0.2, 0.25) is 0 Å². The summed E-state index contributed by atoms with van der Waals surface area (Å²) in [6.07, 6.45) is -7.67. The van der Waals surface area contributed by atoms with Gasteiger partial charge in [-0.2, -0.15) is 0 Å². The van der Waals surface area contributed by atoms with E-state index in [1.165, 1.54) is 5.57 Å². The van der Waals surface area contributed by atoms with Crippen molar-refractivity contribution >= 4 is 5.97 Å². The normalized spacial score (nSPS) is 53.7. The van der Waals surface area contributed by atoms with Crippen LogP contribution >= 0.6 is 0 Å². The van der Waals surface area contributed by atoms with E-state index in [2.05, 4.69) is 54.5 Å². The van der Waals surface area contributed by atoms with Crippen LogP contribution in [-0.2, 0) is 23.7 Å². The number of fused-ring (bicyclic) bond motifs is 7. The highest BCUT2D eigenvalue weighted by atomic mass is 16.7. The Hall–Kier alpha value is -1.27. The first-order valence-corrected chi connectivity index (χ1v) is 20.9. The van der Waals surface area contributed by atoms with Crippen molar-refractivity contribution in [2.45, 2.75) is 180 Å². The highest BCUT2D eigenvalue weighted by Crippen LogP contribution is 2.76. The molecule has 4 saturated carbocycles. The van der Waals surface area contributed by atoms with Crippen LogP contribution in [0.5, 0.6) is 0 Å². The van der Waals surface area contributed by atoms with Crippen molar-refractivity contribution in [2.24, 2.45) is 50.2 Å². The molecule has 2 aliphatic heterocycles. The van der Waals surface area contributed by atoms with E-state index in [0.29, 0.717) is 32.1 Å². The van der Waals surface area contributed by atoms with Crippen LogP contribution in [0.15, 0.2) is 11.6 Å². The minimum absolute atomic E-state index is 0.135. The maximum Gasteiger partial charge on any atom is 0.317 e. The number of hydrogen-bond acceptors (Lipinski definition) is 14. The summed E-state index contributed by atoms with van der Waals surface area (Å²) < 4.78 is 23.7. The van der Waals surface area contributed by atoms with Crippen molar-refractivity contribution < 1.29 is 69.7 Å². The third kappa shape index (κ3) is 6.13. The van der Waals surface area contributed by atoms with Crippen LogP contribution in [-0.4, -0.2) is 139 Å². The Balaban J connectivity index is 1.18. The zero-order valence-electron chi connectivity index (χ0n) is 34.1. The molecule has 0 aromatic rings. The number of carbonyl (C=O) groups excluding carboxylic acids is 1. The van der Waals surface area contributed by atoms with Crippen molar-refractivity contribution in [3.63, 3.8) is 0 Å². The second kappa shape index (κ2) is 14.4. The first kappa shape index (κ1) is 42.8. The molecule has 0 aromatic carbocycles. The molecule has 7 rings (SSSR count). The van der Waals surface area contributed by atoms with Gasteiger partial charge in [-0.3, -0.25) is 4.79 Å². The molecule has 56 heavy (non-hydrogen) atoms. The first-order valence-electron chi connectivity index (χ1n) is 20.9. The van der Waals surface area contributed by atoms with Crippen molar-refractivity contribution in [3.8, 4) is 0 Å². The van der Waals surface area contributed by atoms with Crippen molar-refractivity contribution in [3.05, 3.63) is 11.6 Å². The largest absolute Gasteiger partial charge is 0.432 e. The lowest BCUT2D eigenvalue weighted by atomic mass is 9.33. The molecule has 320 valence electrons. The number of allylic oxidation sites excluding steroid dienone is 2. The molecule has 0 spiro atoms. The number of esters is 1. The molecule has 0 radical (unpaired) electrons. The molecule has 14 nitrogen and oxygen atoms in total. The van der Waals surface area contributed by atoms with Gasteiger partial charge >= 0.3 is 5.97 Å². The van der Waals surface area contributed by atoms with Crippen LogP contribution in [0.25, 0.3) is 0 Å². The standard InChI is InChI=1S/C42H68O14/c1-37(2)14-15-42(36(52)56-35-33(51)31(49)29(47)23(19-44)54-35)21(16-37)20-8-9-25-39(5)12-11-27(55-34-32(50)30(48)28(46)22(18-43)53-34)38(3,4)24(39)10-13-40(25,6)41(20,7)17-26(42)45/h8,21-35,43-51H,9-19H2,1-7H3/t21?,22-,23-,24?,25?,26-,27+,28-,29-,30+,31+,32-,33-,34+,35+,39+,40-,41-,42-/m1/s1. The third-order valence-corrected chi connectivity index (χ3v) is 17.2. The van der Waals surface area contributed by atoms with Gasteiger partial charge in [0.25, 0.3) is 0 Å². The van der Waals surface area contributed by atoms with Crippen LogP contribution < -0.4 is 0 Å². The fourth-order valence-corrected chi connectivity index (χ4v) is 13.7. The molecule has 7 aliphatic rings. The fraction of sp³-hybridized carbons (Fsp3) is 0.929. The molecule has 2 saturated heterocycles. The molecule has 6 fully saturated rings. The topological polar surface area (TPSA) is 236 Å². The number of ether oxygens (including phenoxy) is 4. The number of carbonyl (C=O) groups is 1. The molecule has 5 aliphatic carbocycles. The molecule has 19 atom stereocenters. The fourth-order valence-electron chi connectivity index (χ4n) is 13.7. The third-order valence-electron chi connectivity index (χ3n) is 17.2. The van der Waals surface area contributed by atoms with E-state index in [0.717, 1.165) is 25.7 Å². The van der Waals surface area contributed by atoms with Crippen molar-refractivity contribution in [1.82, 2.24) is 0 Å². The van der Waals surface area contributed by atoms with Gasteiger partial charge in [0.05, 0.1) is 25.4 Å². The van der Waals surface area contributed by atoms with Gasteiger partial charge in [0.1, 0.15) is 54.2 Å². The van der Waals surface area contributed by atoms with E-state index in [1.54, 1.807) is 0 Å². The molecule has 0 aromatic heterocycles. The van der Waals surface area contributed by atoms with Gasteiger partial charge in [-0.25, -0.2) is 0 Å². The lowest BCUT2D eigenvalue weighted by Gasteiger charge is -2.71. The molecule has 14 heteroatoms. The zero-order chi connectivity index (χ0) is 41.1. The highest BCUT2D eigenvalue weighted by Gasteiger charge is 2.72. The molecule has 0 bridgehead atoms. The SMILES string of the molecule is CC1(C)CC[C@@]2(C(=O)O[C@@H]3O[C@H](CO)[C@@H](O)[C@H](O)[C@H]3O)C(C1)C1=CCC3[C@@]4(C)CC[C@H](O[C@@H]5O[C@H](CO)[C@@H](O)[C@H](O)[C@H]5O)C(C)(C)C4CC[C@@]3(C)[C@]1(C)C[C@H]2O. The van der Waals surface area contributed by atoms with Gasteiger partial charge in [0.2, 0.25) is 6.29 Å². The number of rotatable bonds is 6. The Bertz CT molecular complexity index is 1520. The monoisotopic (exact) mass is 796 g/mol. The zero-order valence-corrected chi connectivity index (χ0v) is 34.1. The summed E-state index contributed by atoms with van der Waals surface area (Å²) in [7, 11) is 0. The van der Waals surface area contributed by atoms with Gasteiger partial charge in [-0.1, -0.05) is 60.1 Å². The van der Waals surface area contributed by atoms with Gasteiger partial charge in [-0.15, -0.1) is 0 Å². The quantitative estimate of drug-likeness (QED) is 0.105. The van der Waals surface area contributed by atoms with Gasteiger partial charge in [0.15, 0.2) is 6.29 Å². The summed E-state index contributed by atoms with van der Waals surface area (Å²) >= 11 is 0. The average molecular weight is 797 g/mol. The maximum absolute atomic E-state index is 14.6. The predicted molar refractivity (Wildman–Crippen MR) is 199 cm³/mol. The molecule has 9 N–H and O–H groups in total. The summed E-state index contributed by atoms with van der Waals surface area (Å²) in [6, 6.07) is 0. The molecule has 2 heterocycles. The summed E-state index contributed by atoms with van der Waals surface area (Å²) in [4.78, 5) is 14.6. The Labute approximate surface area is 330 Å². The summed E-state index contributed by atoms with van der Waals surface area (Å²) in [5, 5.41) is 95.2. The summed E-state index contributed by atoms with van der Waals surface area (Å²) in [5.41, 5.74) is -1.53. The minimum Gasteiger partial charge on any atom is -0.432 e. The highest BCUT2D eigenvalue weighted by molar-refractivity contribution is 5.80. The van der Waals surface area contributed by atoms with E-state index in [9.17, 15) is 50.8 Å². The van der Waals surface area contributed by atoms with Gasteiger partial charge in [-0.05, 0) is 103 Å². The predicted octanol–water partition coefficient (Wildman–Crippen LogP) is 1.29. The summed E-state index contributed by atoms with van der Waals surface area (Å²) in [6.45, 7) is 14.6. The first-order chi connectivity index (χ1) is 26.0. The van der Waals surface area contributed by atoms with Crippen molar-refractivity contribution in [2.75, 3.05) is 13.2 Å². The molecular formula is C42H68O14. The van der Waals surface area contributed by atoms with E-state index >= 15 is 0 Å². The second-order valence-corrected chi connectivity index (χ2v) is 20.8. The lowest BCUT2D eigenvalue weighted by molar-refractivity contribution is -0.330. The van der Waals surface area contributed by atoms with Gasteiger partial charge < -0.3 is 64.9 Å². The minimum atomic E-state index is -1.75. The Kier molecular flexibility index (Phi) is 11.0. The second-order valence-electron chi connectivity index (χ2n) is 20.8. The van der Waals surface area contributed by atoms with Crippen LogP contribution in [0.4, 0.5) is 0 Å². The van der Waals surface area contributed by atoms with Crippen LogP contribution in [0.1, 0.15) is 106 Å². The Morgan fingerprint density at radius 1 is 0.714 bits per heavy atom. The van der Waals surface area contributed by atoms with E-state index in [4.69, 9.17) is 18.9 Å². The van der Waals surface area contributed by atoms with Crippen LogP contribution in [0, 0.1) is 50.2 Å². The van der Waals surface area contributed by atoms with E-state index in [1.807, 2.05) is 0 Å². The Morgan fingerprint density at radius 2 is 1.30 bits per heavy atom. The van der Waals surface area contributed by atoms with Crippen molar-refractivity contribution in [1.29, 1.82) is 0 Å². The number of hydrogen-bond donors (Lipinski definition) is 9.